The molecule has 11 heteroatoms. The molecule has 1 amide bonds. The summed E-state index contributed by atoms with van der Waals surface area (Å²) in [6, 6.07) is 9.92. The van der Waals surface area contributed by atoms with Crippen molar-refractivity contribution in [3.05, 3.63) is 54.6 Å². The van der Waals surface area contributed by atoms with Gasteiger partial charge >= 0.3 is 0 Å². The highest BCUT2D eigenvalue weighted by Crippen LogP contribution is 2.27. The van der Waals surface area contributed by atoms with Crippen LogP contribution in [-0.2, 0) is 4.74 Å². The number of carbonyl (C=O) groups excluding carboxylic acids is 1. The number of hydrogen-bond donors (Lipinski definition) is 2. The van der Waals surface area contributed by atoms with E-state index >= 15 is 0 Å². The van der Waals surface area contributed by atoms with E-state index in [0.717, 1.165) is 56.2 Å². The molecule has 2 saturated heterocycles. The van der Waals surface area contributed by atoms with Crippen molar-refractivity contribution in [1.29, 1.82) is 0 Å². The number of aromatic nitrogens is 3. The number of pyridine rings is 1. The van der Waals surface area contributed by atoms with E-state index in [2.05, 4.69) is 30.1 Å². The molecule has 35 heavy (non-hydrogen) atoms. The minimum absolute atomic E-state index is 0.0688. The third-order valence-corrected chi connectivity index (χ3v) is 6.26. The summed E-state index contributed by atoms with van der Waals surface area (Å²) in [5, 5.41) is 2.91. The zero-order valence-electron chi connectivity index (χ0n) is 19.4. The number of morpholine rings is 1. The number of nitrogens with two attached hydrogens (primary N) is 1. The lowest BCUT2D eigenvalue weighted by molar-refractivity contribution is 0.102. The lowest BCUT2D eigenvalue weighted by Gasteiger charge is -2.34. The van der Waals surface area contributed by atoms with Crippen molar-refractivity contribution < 1.29 is 9.53 Å². The molecule has 0 unspecified atom stereocenters. The minimum Gasteiger partial charge on any atom is -0.382 e. The van der Waals surface area contributed by atoms with Crippen LogP contribution in [0, 0.1) is 0 Å². The first-order valence-electron chi connectivity index (χ1n) is 11.6. The van der Waals surface area contributed by atoms with E-state index in [9.17, 15) is 4.79 Å². The molecule has 2 aromatic heterocycles. The number of nitrogen functional groups attached to an aromatic ring is 1. The largest absolute Gasteiger partial charge is 0.382 e. The summed E-state index contributed by atoms with van der Waals surface area (Å²) in [5.41, 5.74) is 10.1. The number of benzene rings is 1. The molecule has 10 nitrogen and oxygen atoms in total. The van der Waals surface area contributed by atoms with Crippen molar-refractivity contribution in [2.45, 2.75) is 0 Å². The average molecular weight is 470 g/mol. The third kappa shape index (κ3) is 5.20. The zero-order valence-corrected chi connectivity index (χ0v) is 19.4. The molecule has 0 aliphatic carbocycles. The highest BCUT2D eigenvalue weighted by molar-refractivity contribution is 6.07. The van der Waals surface area contributed by atoms with E-state index in [1.54, 1.807) is 18.6 Å². The number of nitrogens with zero attached hydrogens (tertiary/aromatic N) is 6. The second kappa shape index (κ2) is 10.3. The van der Waals surface area contributed by atoms with E-state index in [1.807, 2.05) is 35.1 Å². The van der Waals surface area contributed by atoms with E-state index in [-0.39, 0.29) is 11.5 Å². The molecule has 4 heterocycles. The molecular weight excluding hydrogens is 443 g/mol. The number of carbonyl (C=O) groups is 1. The predicted octanol–water partition coefficient (Wildman–Crippen LogP) is 1.42. The molecule has 2 aliphatic rings. The number of nitrogens with one attached hydrogen (secondary N) is 1. The molecule has 3 N–H and O–H groups in total. The van der Waals surface area contributed by atoms with Gasteiger partial charge in [0.25, 0.3) is 5.91 Å². The van der Waals surface area contributed by atoms with Gasteiger partial charge in [-0.25, -0.2) is 9.97 Å². The lowest BCUT2D eigenvalue weighted by Crippen LogP contribution is -2.45. The number of anilines is 4. The third-order valence-electron chi connectivity index (χ3n) is 6.26. The molecule has 2 fully saturated rings. The second-order valence-corrected chi connectivity index (χ2v) is 8.51. The van der Waals surface area contributed by atoms with E-state index < -0.39 is 5.91 Å². The summed E-state index contributed by atoms with van der Waals surface area (Å²) in [6.45, 7) is 6.16. The van der Waals surface area contributed by atoms with E-state index in [1.165, 1.54) is 0 Å². The van der Waals surface area contributed by atoms with Crippen molar-refractivity contribution in [2.24, 2.45) is 0 Å². The maximum Gasteiger partial charge on any atom is 0.278 e. The Morgan fingerprint density at radius 2 is 1.71 bits per heavy atom. The first kappa shape index (κ1) is 23.1. The number of rotatable bonds is 5. The predicted molar refractivity (Wildman–Crippen MR) is 137 cm³/mol. The van der Waals surface area contributed by atoms with E-state index in [4.69, 9.17) is 18.5 Å². The van der Waals surface area contributed by atoms with Gasteiger partial charge in [0.15, 0.2) is 19.5 Å². The molecule has 2 radical (unpaired) electrons. The Bertz CT molecular complexity index is 1180. The van der Waals surface area contributed by atoms with Crippen LogP contribution in [0.1, 0.15) is 10.5 Å². The van der Waals surface area contributed by atoms with Crippen LogP contribution >= 0.6 is 0 Å². The maximum absolute atomic E-state index is 13.2. The van der Waals surface area contributed by atoms with Gasteiger partial charge in [-0.3, -0.25) is 9.78 Å². The van der Waals surface area contributed by atoms with Gasteiger partial charge in [0.2, 0.25) is 0 Å². The van der Waals surface area contributed by atoms with E-state index in [0.29, 0.717) is 24.6 Å². The number of piperazine rings is 1. The van der Waals surface area contributed by atoms with Gasteiger partial charge in [-0.2, -0.15) is 0 Å². The summed E-state index contributed by atoms with van der Waals surface area (Å²) in [7, 11) is 5.86. The molecular formula is C24H27BN8O2. The Labute approximate surface area is 205 Å². The molecule has 0 atom stereocenters. The number of hydrogen-bond acceptors (Lipinski definition) is 9. The molecule has 3 aromatic rings. The summed E-state index contributed by atoms with van der Waals surface area (Å²) >= 11 is 0. The molecule has 178 valence electrons. The van der Waals surface area contributed by atoms with Crippen molar-refractivity contribution in [2.75, 3.05) is 73.3 Å². The van der Waals surface area contributed by atoms with Gasteiger partial charge in [-0.05, 0) is 18.2 Å². The van der Waals surface area contributed by atoms with Gasteiger partial charge < -0.3 is 30.4 Å². The Morgan fingerprint density at radius 1 is 0.971 bits per heavy atom. The van der Waals surface area contributed by atoms with Crippen LogP contribution in [0.3, 0.4) is 0 Å². The number of ether oxygens (including phenoxy) is 1. The minimum atomic E-state index is -0.435. The molecule has 0 bridgehead atoms. The summed E-state index contributed by atoms with van der Waals surface area (Å²) < 4.78 is 5.44. The van der Waals surface area contributed by atoms with Crippen LogP contribution in [0.2, 0.25) is 0 Å². The van der Waals surface area contributed by atoms with Crippen molar-refractivity contribution in [1.82, 2.24) is 19.8 Å². The van der Waals surface area contributed by atoms with Crippen LogP contribution < -0.4 is 20.9 Å². The Balaban J connectivity index is 1.34. The van der Waals surface area contributed by atoms with Gasteiger partial charge in [0.1, 0.15) is 0 Å². The standard InChI is InChI=1S/C24H27BN8O2/c25-33-9-7-31(8-10-33)18-3-1-17(2-4-18)19-16-28-23(26)22(29-19)24(34)30-20-15-27-6-5-21(20)32-11-13-35-14-12-32/h1-6,15-16H,7-14H2,(H2,26,28)(H,30,34). The van der Waals surface area contributed by atoms with Crippen molar-refractivity contribution >= 4 is 36.8 Å². The summed E-state index contributed by atoms with van der Waals surface area (Å²) in [4.78, 5) is 32.4. The smallest absolute Gasteiger partial charge is 0.278 e. The van der Waals surface area contributed by atoms with Crippen LogP contribution in [0.25, 0.3) is 11.3 Å². The van der Waals surface area contributed by atoms with Crippen LogP contribution in [0.4, 0.5) is 22.9 Å². The van der Waals surface area contributed by atoms with Gasteiger partial charge in [0, 0.05) is 56.7 Å². The van der Waals surface area contributed by atoms with Gasteiger partial charge in [-0.1, -0.05) is 12.1 Å². The fourth-order valence-corrected chi connectivity index (χ4v) is 4.27. The monoisotopic (exact) mass is 470 g/mol. The van der Waals surface area contributed by atoms with Crippen LogP contribution in [0.5, 0.6) is 0 Å². The maximum atomic E-state index is 13.2. The molecule has 1 aromatic carbocycles. The normalized spacial score (nSPS) is 16.8. The quantitative estimate of drug-likeness (QED) is 0.535. The highest BCUT2D eigenvalue weighted by atomic mass is 16.5. The average Bonchev–Trinajstić information content (AvgIpc) is 2.90. The number of amides is 1. The Kier molecular flexibility index (Phi) is 6.78. The van der Waals surface area contributed by atoms with Gasteiger partial charge in [0.05, 0.1) is 42.7 Å². The lowest BCUT2D eigenvalue weighted by atomic mass is 10.1. The first-order chi connectivity index (χ1) is 17.1. The molecule has 0 saturated carbocycles. The Hall–Kier alpha value is -3.70. The Morgan fingerprint density at radius 3 is 2.46 bits per heavy atom. The second-order valence-electron chi connectivity index (χ2n) is 8.51. The molecule has 5 rings (SSSR count). The summed E-state index contributed by atoms with van der Waals surface area (Å²) in [6.07, 6.45) is 4.91. The van der Waals surface area contributed by atoms with Crippen LogP contribution in [-0.4, -0.2) is 86.1 Å². The molecule has 0 spiro atoms. The fraction of sp³-hybridized carbons (Fsp3) is 0.333. The topological polar surface area (TPSA) is 113 Å². The fourth-order valence-electron chi connectivity index (χ4n) is 4.27. The zero-order chi connectivity index (χ0) is 24.2. The van der Waals surface area contributed by atoms with Crippen molar-refractivity contribution in [3.63, 3.8) is 0 Å². The summed E-state index contributed by atoms with van der Waals surface area (Å²) in [5.74, 6) is -0.366. The first-order valence-corrected chi connectivity index (χ1v) is 11.6. The van der Waals surface area contributed by atoms with Crippen molar-refractivity contribution in [3.8, 4) is 11.3 Å². The highest BCUT2D eigenvalue weighted by Gasteiger charge is 2.20. The SMILES string of the molecule is [B]N1CCN(c2ccc(-c3cnc(N)c(C(=O)Nc4cnccc4N4CCOCC4)n3)cc2)CC1. The van der Waals surface area contributed by atoms with Gasteiger partial charge in [-0.15, -0.1) is 0 Å². The van der Waals surface area contributed by atoms with Crippen LogP contribution in [0.15, 0.2) is 48.9 Å². The molecule has 2 aliphatic heterocycles.